The fraction of sp³-hybridized carbons (Fsp3) is 0. The van der Waals surface area contributed by atoms with Gasteiger partial charge in [0.1, 0.15) is 0 Å². The minimum absolute atomic E-state index is 0. The molecular weight excluding hydrogens is 607 g/mol. The Kier molecular flexibility index (Phi) is 16.2. The Morgan fingerprint density at radius 3 is 0.757 bits per heavy atom. The van der Waals surface area contributed by atoms with Crippen molar-refractivity contribution in [3.8, 4) is 0 Å². The van der Waals surface area contributed by atoms with Crippen LogP contribution in [0.3, 0.4) is 0 Å². The predicted octanol–water partition coefficient (Wildman–Crippen LogP) is 5.01. The van der Waals surface area contributed by atoms with Gasteiger partial charge in [-0.1, -0.05) is 91.0 Å². The van der Waals surface area contributed by atoms with Gasteiger partial charge >= 0.3 is 17.9 Å². The Labute approximate surface area is 240 Å². The normalized spacial score (nSPS) is 10.9. The molecule has 1 radical (unpaired) electrons. The van der Waals surface area contributed by atoms with Crippen molar-refractivity contribution < 1.29 is 80.6 Å². The molecule has 189 valence electrons. The molecule has 3 aromatic rings. The van der Waals surface area contributed by atoms with Crippen LogP contribution in [0.5, 0.6) is 0 Å². The summed E-state index contributed by atoms with van der Waals surface area (Å²) in [6.45, 7) is 0. The molecular formula is C27H24LaO9. The SMILES string of the molecule is O=C(O)C(O)=Cc1ccccc1.O=C(O)C(O)=Cc1ccccc1.O=C(O)C(O)=Cc1ccccc1.[La]. The van der Waals surface area contributed by atoms with Crippen LogP contribution in [0.2, 0.25) is 0 Å². The molecule has 9 nitrogen and oxygen atoms in total. The molecule has 3 aromatic carbocycles. The first-order valence-corrected chi connectivity index (χ1v) is 10.2. The van der Waals surface area contributed by atoms with E-state index in [9.17, 15) is 14.4 Å². The fourth-order valence-electron chi connectivity index (χ4n) is 2.31. The summed E-state index contributed by atoms with van der Waals surface area (Å²) in [4.78, 5) is 30.6. The molecule has 0 unspecified atom stereocenters. The molecule has 0 aliphatic heterocycles. The van der Waals surface area contributed by atoms with Crippen LogP contribution in [0.25, 0.3) is 18.2 Å². The number of carbonyl (C=O) groups is 3. The van der Waals surface area contributed by atoms with Crippen molar-refractivity contribution in [3.63, 3.8) is 0 Å². The van der Waals surface area contributed by atoms with Crippen LogP contribution in [-0.2, 0) is 14.4 Å². The molecule has 0 spiro atoms. The van der Waals surface area contributed by atoms with Crippen LogP contribution in [0.4, 0.5) is 0 Å². The quantitative estimate of drug-likeness (QED) is 0.162. The van der Waals surface area contributed by atoms with E-state index in [1.54, 1.807) is 72.8 Å². The number of hydrogen-bond acceptors (Lipinski definition) is 6. The monoisotopic (exact) mass is 631 g/mol. The first-order valence-electron chi connectivity index (χ1n) is 10.2. The second-order valence-corrected chi connectivity index (χ2v) is 6.74. The zero-order valence-corrected chi connectivity index (χ0v) is 23.0. The van der Waals surface area contributed by atoms with E-state index < -0.39 is 35.2 Å². The Morgan fingerprint density at radius 2 is 0.595 bits per heavy atom. The van der Waals surface area contributed by atoms with Gasteiger partial charge in [-0.05, 0) is 34.9 Å². The number of carboxylic acids is 3. The van der Waals surface area contributed by atoms with E-state index in [4.69, 9.17) is 30.6 Å². The van der Waals surface area contributed by atoms with Gasteiger partial charge in [0.05, 0.1) is 0 Å². The van der Waals surface area contributed by atoms with E-state index in [-0.39, 0.29) is 35.6 Å². The van der Waals surface area contributed by atoms with Crippen LogP contribution in [0, 0.1) is 35.6 Å². The van der Waals surface area contributed by atoms with E-state index in [2.05, 4.69) is 0 Å². The third-order valence-corrected chi connectivity index (χ3v) is 3.97. The Hall–Kier alpha value is -4.12. The van der Waals surface area contributed by atoms with E-state index in [1.165, 1.54) is 18.2 Å². The van der Waals surface area contributed by atoms with E-state index in [1.807, 2.05) is 18.2 Å². The molecule has 0 amide bonds. The van der Waals surface area contributed by atoms with Gasteiger partial charge < -0.3 is 30.6 Å². The topological polar surface area (TPSA) is 173 Å². The van der Waals surface area contributed by atoms with Gasteiger partial charge in [-0.3, -0.25) is 0 Å². The van der Waals surface area contributed by atoms with Crippen LogP contribution in [0.1, 0.15) is 16.7 Å². The summed E-state index contributed by atoms with van der Waals surface area (Å²) in [5.74, 6) is -5.92. The van der Waals surface area contributed by atoms with Crippen molar-refractivity contribution in [2.45, 2.75) is 0 Å². The zero-order valence-electron chi connectivity index (χ0n) is 19.4. The molecule has 10 heteroatoms. The van der Waals surface area contributed by atoms with Gasteiger partial charge in [-0.15, -0.1) is 0 Å². The maximum Gasteiger partial charge on any atom is 0.370 e. The number of benzene rings is 3. The Morgan fingerprint density at radius 1 is 0.405 bits per heavy atom. The zero-order chi connectivity index (χ0) is 26.9. The Bertz CT molecular complexity index is 1060. The molecule has 0 saturated heterocycles. The van der Waals surface area contributed by atoms with Gasteiger partial charge in [0.15, 0.2) is 0 Å². The average molecular weight is 631 g/mol. The van der Waals surface area contributed by atoms with Crippen LogP contribution in [0.15, 0.2) is 108 Å². The standard InChI is InChI=1S/3C9H8O3.La/c3*10-8(9(11)12)6-7-4-2-1-3-5-7;/h3*1-6,10H,(H,11,12);. The molecule has 3 rings (SSSR count). The molecule has 0 fully saturated rings. The van der Waals surface area contributed by atoms with Crippen LogP contribution in [-0.4, -0.2) is 48.5 Å². The second-order valence-electron chi connectivity index (χ2n) is 6.74. The van der Waals surface area contributed by atoms with Gasteiger partial charge in [0.25, 0.3) is 0 Å². The number of aliphatic hydroxyl groups excluding tert-OH is 3. The minimum Gasteiger partial charge on any atom is -0.502 e. The fourth-order valence-corrected chi connectivity index (χ4v) is 2.31. The summed E-state index contributed by atoms with van der Waals surface area (Å²) in [6.07, 6.45) is 3.59. The Balaban J connectivity index is 0.000000518. The van der Waals surface area contributed by atoms with E-state index in [0.29, 0.717) is 16.7 Å². The van der Waals surface area contributed by atoms with E-state index >= 15 is 0 Å². The summed E-state index contributed by atoms with van der Waals surface area (Å²) in [5, 5.41) is 51.5. The number of hydrogen-bond donors (Lipinski definition) is 6. The molecule has 0 heterocycles. The molecule has 0 aromatic heterocycles. The molecule has 0 aliphatic rings. The average Bonchev–Trinajstić information content (AvgIpc) is 2.86. The largest absolute Gasteiger partial charge is 0.502 e. The first-order chi connectivity index (χ1) is 17.1. The molecule has 6 N–H and O–H groups in total. The van der Waals surface area contributed by atoms with E-state index in [0.717, 1.165) is 0 Å². The molecule has 37 heavy (non-hydrogen) atoms. The van der Waals surface area contributed by atoms with Crippen molar-refractivity contribution >= 4 is 36.1 Å². The van der Waals surface area contributed by atoms with Gasteiger partial charge in [-0.2, -0.15) is 0 Å². The van der Waals surface area contributed by atoms with Gasteiger partial charge in [-0.25, -0.2) is 14.4 Å². The number of carboxylic acid groups (broad SMARTS) is 3. The van der Waals surface area contributed by atoms with Gasteiger partial charge in [0, 0.05) is 35.6 Å². The first kappa shape index (κ1) is 32.9. The molecule has 0 aliphatic carbocycles. The number of rotatable bonds is 6. The summed E-state index contributed by atoms with van der Waals surface area (Å²) in [6, 6.07) is 26.3. The second kappa shape index (κ2) is 18.2. The van der Waals surface area contributed by atoms with Crippen LogP contribution < -0.4 is 0 Å². The molecule has 0 atom stereocenters. The number of aliphatic hydroxyl groups is 3. The number of aliphatic carboxylic acids is 3. The smallest absolute Gasteiger partial charge is 0.370 e. The van der Waals surface area contributed by atoms with Gasteiger partial charge in [0.2, 0.25) is 17.3 Å². The third kappa shape index (κ3) is 14.8. The van der Waals surface area contributed by atoms with Crippen molar-refractivity contribution in [1.29, 1.82) is 0 Å². The summed E-state index contributed by atoms with van der Waals surface area (Å²) in [7, 11) is 0. The van der Waals surface area contributed by atoms with Crippen molar-refractivity contribution in [2.75, 3.05) is 0 Å². The third-order valence-electron chi connectivity index (χ3n) is 3.97. The summed E-state index contributed by atoms with van der Waals surface area (Å²) >= 11 is 0. The molecule has 0 saturated carbocycles. The van der Waals surface area contributed by atoms with Crippen molar-refractivity contribution in [1.82, 2.24) is 0 Å². The molecule has 0 bridgehead atoms. The minimum atomic E-state index is -1.32. The predicted molar refractivity (Wildman–Crippen MR) is 134 cm³/mol. The summed E-state index contributed by atoms with van der Waals surface area (Å²) < 4.78 is 0. The summed E-state index contributed by atoms with van der Waals surface area (Å²) in [5.41, 5.74) is 1.99. The van der Waals surface area contributed by atoms with Crippen molar-refractivity contribution in [2.24, 2.45) is 0 Å². The maximum atomic E-state index is 10.2. The van der Waals surface area contributed by atoms with Crippen molar-refractivity contribution in [3.05, 3.63) is 125 Å². The maximum absolute atomic E-state index is 10.2. The van der Waals surface area contributed by atoms with Crippen LogP contribution >= 0.6 is 0 Å².